The number of hydrogen-bond donors (Lipinski definition) is 2. The second kappa shape index (κ2) is 10.3. The lowest BCUT2D eigenvalue weighted by Gasteiger charge is -2.32. The summed E-state index contributed by atoms with van der Waals surface area (Å²) in [5.41, 5.74) is 1.75. The van der Waals surface area contributed by atoms with Crippen LogP contribution in [0, 0.1) is 0 Å². The number of amides is 1. The van der Waals surface area contributed by atoms with Crippen molar-refractivity contribution in [2.45, 2.75) is 44.6 Å². The zero-order valence-electron chi connectivity index (χ0n) is 16.6. The molecule has 1 saturated heterocycles. The molecule has 7 nitrogen and oxygen atoms in total. The molecule has 7 heteroatoms. The maximum atomic E-state index is 12.0. The Morgan fingerprint density at radius 1 is 1.29 bits per heavy atom. The molecular formula is C21H31N5O2. The van der Waals surface area contributed by atoms with Crippen LogP contribution in [-0.2, 0) is 0 Å². The van der Waals surface area contributed by atoms with Crippen LogP contribution >= 0.6 is 0 Å². The predicted octanol–water partition coefficient (Wildman–Crippen LogP) is 2.22. The molecule has 1 amide bonds. The quantitative estimate of drug-likeness (QED) is 0.647. The number of nitrogens with one attached hydrogen (secondary N) is 1. The standard InChI is InChI=1S/C21H31N5O2/c1-17(18-6-3-2-4-7-18)8-12-25-13-9-19(10-14-25)26-16-20(23-24-26)21(28)22-11-5-15-27/h2-4,6-7,16-17,19,27H,5,8-15H2,1H3,(H,22,28)/t17-/m0/s1. The van der Waals surface area contributed by atoms with E-state index in [4.69, 9.17) is 5.11 Å². The van der Waals surface area contributed by atoms with Crippen molar-refractivity contribution in [3.05, 3.63) is 47.8 Å². The molecule has 0 bridgehead atoms. The van der Waals surface area contributed by atoms with Crippen LogP contribution in [0.2, 0.25) is 0 Å². The van der Waals surface area contributed by atoms with Gasteiger partial charge in [0.05, 0.1) is 12.2 Å². The highest BCUT2D eigenvalue weighted by atomic mass is 16.3. The highest BCUT2D eigenvalue weighted by Crippen LogP contribution is 2.24. The van der Waals surface area contributed by atoms with Crippen LogP contribution < -0.4 is 5.32 Å². The van der Waals surface area contributed by atoms with E-state index in [0.717, 1.165) is 38.9 Å². The van der Waals surface area contributed by atoms with Gasteiger partial charge >= 0.3 is 0 Å². The number of likely N-dealkylation sites (tertiary alicyclic amines) is 1. The second-order valence-corrected chi connectivity index (χ2v) is 7.59. The van der Waals surface area contributed by atoms with Crippen LogP contribution in [0.25, 0.3) is 0 Å². The van der Waals surface area contributed by atoms with E-state index in [9.17, 15) is 4.79 Å². The Labute approximate surface area is 166 Å². The summed E-state index contributed by atoms with van der Waals surface area (Å²) in [5.74, 6) is 0.341. The third-order valence-electron chi connectivity index (χ3n) is 5.54. The van der Waals surface area contributed by atoms with Crippen molar-refractivity contribution < 1.29 is 9.90 Å². The third kappa shape index (κ3) is 5.62. The molecule has 0 spiro atoms. The number of benzene rings is 1. The fraction of sp³-hybridized carbons (Fsp3) is 0.571. The van der Waals surface area contributed by atoms with Crippen LogP contribution in [0.1, 0.15) is 60.6 Å². The first-order valence-electron chi connectivity index (χ1n) is 10.3. The van der Waals surface area contributed by atoms with Gasteiger partial charge in [0.1, 0.15) is 0 Å². The SMILES string of the molecule is C[C@@H](CCN1CCC(n2cc(C(=O)NCCCO)nn2)CC1)c1ccccc1. The number of carbonyl (C=O) groups excluding carboxylic acids is 1. The Morgan fingerprint density at radius 3 is 2.75 bits per heavy atom. The lowest BCUT2D eigenvalue weighted by molar-refractivity contribution is 0.0946. The first kappa shape index (κ1) is 20.5. The summed E-state index contributed by atoms with van der Waals surface area (Å²) in [4.78, 5) is 14.5. The van der Waals surface area contributed by atoms with E-state index in [1.807, 2.05) is 4.68 Å². The van der Waals surface area contributed by atoms with Gasteiger partial charge in [-0.15, -0.1) is 5.10 Å². The van der Waals surface area contributed by atoms with E-state index in [1.165, 1.54) is 5.56 Å². The molecule has 28 heavy (non-hydrogen) atoms. The van der Waals surface area contributed by atoms with Gasteiger partial charge in [-0.2, -0.15) is 0 Å². The molecule has 0 aliphatic carbocycles. The molecule has 1 aliphatic rings. The van der Waals surface area contributed by atoms with Gasteiger partial charge in [-0.3, -0.25) is 4.79 Å². The summed E-state index contributed by atoms with van der Waals surface area (Å²) < 4.78 is 1.84. The molecule has 3 rings (SSSR count). The fourth-order valence-electron chi connectivity index (χ4n) is 3.66. The fourth-order valence-corrected chi connectivity index (χ4v) is 3.66. The molecule has 0 saturated carbocycles. The number of aliphatic hydroxyl groups is 1. The summed E-state index contributed by atoms with van der Waals surface area (Å²) in [5, 5.41) is 19.7. The molecule has 152 valence electrons. The number of nitrogens with zero attached hydrogens (tertiary/aromatic N) is 4. The molecular weight excluding hydrogens is 354 g/mol. The number of carbonyl (C=O) groups is 1. The van der Waals surface area contributed by atoms with Crippen LogP contribution in [0.15, 0.2) is 36.5 Å². The molecule has 2 aromatic rings. The van der Waals surface area contributed by atoms with Crippen LogP contribution in [0.5, 0.6) is 0 Å². The van der Waals surface area contributed by atoms with Gasteiger partial charge in [0.15, 0.2) is 5.69 Å². The van der Waals surface area contributed by atoms with Crippen LogP contribution in [0.3, 0.4) is 0 Å². The van der Waals surface area contributed by atoms with E-state index >= 15 is 0 Å². The Balaban J connectivity index is 1.42. The van der Waals surface area contributed by atoms with E-state index in [-0.39, 0.29) is 12.5 Å². The first-order chi connectivity index (χ1) is 13.7. The molecule has 0 unspecified atom stereocenters. The molecule has 1 fully saturated rings. The van der Waals surface area contributed by atoms with E-state index < -0.39 is 0 Å². The molecule has 1 aromatic carbocycles. The lowest BCUT2D eigenvalue weighted by Crippen LogP contribution is -2.35. The van der Waals surface area contributed by atoms with Gasteiger partial charge in [0, 0.05) is 26.2 Å². The maximum Gasteiger partial charge on any atom is 0.273 e. The number of piperidine rings is 1. The highest BCUT2D eigenvalue weighted by molar-refractivity contribution is 5.91. The van der Waals surface area contributed by atoms with Crippen LogP contribution in [-0.4, -0.2) is 63.7 Å². The Hall–Kier alpha value is -2.25. The zero-order valence-corrected chi connectivity index (χ0v) is 16.6. The zero-order chi connectivity index (χ0) is 19.8. The highest BCUT2D eigenvalue weighted by Gasteiger charge is 2.23. The van der Waals surface area contributed by atoms with Crippen molar-refractivity contribution in [2.75, 3.05) is 32.8 Å². The van der Waals surface area contributed by atoms with Gasteiger partial charge in [0.2, 0.25) is 0 Å². The minimum absolute atomic E-state index is 0.0651. The number of hydrogen-bond acceptors (Lipinski definition) is 5. The summed E-state index contributed by atoms with van der Waals surface area (Å²) >= 11 is 0. The maximum absolute atomic E-state index is 12.0. The molecule has 0 radical (unpaired) electrons. The smallest absolute Gasteiger partial charge is 0.273 e. The van der Waals surface area contributed by atoms with Gasteiger partial charge in [-0.05, 0) is 43.7 Å². The van der Waals surface area contributed by atoms with E-state index in [1.54, 1.807) is 6.20 Å². The van der Waals surface area contributed by atoms with E-state index in [0.29, 0.717) is 30.6 Å². The molecule has 2 heterocycles. The van der Waals surface area contributed by atoms with Crippen molar-refractivity contribution in [3.8, 4) is 0 Å². The van der Waals surface area contributed by atoms with Gasteiger partial charge < -0.3 is 15.3 Å². The Bertz CT molecular complexity index is 725. The largest absolute Gasteiger partial charge is 0.396 e. The van der Waals surface area contributed by atoms with Crippen molar-refractivity contribution in [3.63, 3.8) is 0 Å². The summed E-state index contributed by atoms with van der Waals surface area (Å²) in [6.45, 7) is 6.01. The monoisotopic (exact) mass is 385 g/mol. The summed E-state index contributed by atoms with van der Waals surface area (Å²) in [6, 6.07) is 11.0. The second-order valence-electron chi connectivity index (χ2n) is 7.59. The first-order valence-corrected chi connectivity index (χ1v) is 10.3. The average molecular weight is 386 g/mol. The van der Waals surface area contributed by atoms with Gasteiger partial charge in [-0.25, -0.2) is 4.68 Å². The molecule has 2 N–H and O–H groups in total. The van der Waals surface area contributed by atoms with Crippen LogP contribution in [0.4, 0.5) is 0 Å². The van der Waals surface area contributed by atoms with E-state index in [2.05, 4.69) is 57.8 Å². The Morgan fingerprint density at radius 2 is 2.04 bits per heavy atom. The predicted molar refractivity (Wildman–Crippen MR) is 108 cm³/mol. The average Bonchev–Trinajstić information content (AvgIpc) is 3.23. The normalized spacial score (nSPS) is 16.8. The Kier molecular flexibility index (Phi) is 7.56. The van der Waals surface area contributed by atoms with Crippen molar-refractivity contribution in [1.29, 1.82) is 0 Å². The number of aliphatic hydroxyl groups excluding tert-OH is 1. The minimum Gasteiger partial charge on any atom is -0.396 e. The minimum atomic E-state index is -0.230. The molecule has 1 aromatic heterocycles. The lowest BCUT2D eigenvalue weighted by atomic mass is 9.97. The van der Waals surface area contributed by atoms with Crippen molar-refractivity contribution in [2.24, 2.45) is 0 Å². The summed E-state index contributed by atoms with van der Waals surface area (Å²) in [7, 11) is 0. The molecule has 1 aliphatic heterocycles. The third-order valence-corrected chi connectivity index (χ3v) is 5.54. The van der Waals surface area contributed by atoms with Gasteiger partial charge in [-0.1, -0.05) is 42.5 Å². The number of rotatable bonds is 9. The number of aromatic nitrogens is 3. The topological polar surface area (TPSA) is 83.3 Å². The van der Waals surface area contributed by atoms with Crippen molar-refractivity contribution >= 4 is 5.91 Å². The summed E-state index contributed by atoms with van der Waals surface area (Å²) in [6.07, 6.45) is 5.49. The molecule has 1 atom stereocenters. The van der Waals surface area contributed by atoms with Crippen molar-refractivity contribution in [1.82, 2.24) is 25.2 Å². The van der Waals surface area contributed by atoms with Gasteiger partial charge in [0.25, 0.3) is 5.91 Å².